The van der Waals surface area contributed by atoms with Crippen LogP contribution in [0.25, 0.3) is 17.0 Å². The van der Waals surface area contributed by atoms with Gasteiger partial charge in [-0.2, -0.15) is 0 Å². The summed E-state index contributed by atoms with van der Waals surface area (Å²) in [4.78, 5) is 2.40. The molecule has 1 aliphatic rings. The Morgan fingerprint density at radius 2 is 2.16 bits per heavy atom. The molecule has 1 aliphatic heterocycles. The number of benzene rings is 1. The van der Waals surface area contributed by atoms with E-state index in [1.807, 2.05) is 18.2 Å². The van der Waals surface area contributed by atoms with Crippen LogP contribution in [0.15, 0.2) is 30.3 Å². The smallest absolute Gasteiger partial charge is 0.170 e. The van der Waals surface area contributed by atoms with E-state index in [0.29, 0.717) is 12.3 Å². The van der Waals surface area contributed by atoms with Gasteiger partial charge in [-0.15, -0.1) is 3.89 Å². The Morgan fingerprint density at radius 3 is 2.95 bits per heavy atom. The van der Waals surface area contributed by atoms with Crippen LogP contribution in [-0.4, -0.2) is 28.5 Å². The normalized spacial score (nSPS) is 18.0. The minimum Gasteiger partial charge on any atom is -0.300 e. The van der Waals surface area contributed by atoms with Crippen molar-refractivity contribution in [2.45, 2.75) is 13.3 Å². The molecule has 0 unspecified atom stereocenters. The first kappa shape index (κ1) is 12.8. The molecule has 19 heavy (non-hydrogen) atoms. The van der Waals surface area contributed by atoms with Crippen molar-refractivity contribution >= 4 is 29.3 Å². The summed E-state index contributed by atoms with van der Waals surface area (Å²) >= 11 is 0.294. The van der Waals surface area contributed by atoms with Gasteiger partial charge in [0.05, 0.1) is 11.2 Å². The average Bonchev–Trinajstić information content (AvgIpc) is 2.71. The van der Waals surface area contributed by atoms with Crippen LogP contribution in [0.4, 0.5) is 3.89 Å². The molecule has 0 radical (unpaired) electrons. The fourth-order valence-corrected chi connectivity index (χ4v) is 3.24. The summed E-state index contributed by atoms with van der Waals surface area (Å²) in [6, 6.07) is 8.06. The van der Waals surface area contributed by atoms with Crippen LogP contribution in [0.2, 0.25) is 0 Å². The first-order valence-corrected chi connectivity index (χ1v) is 7.32. The van der Waals surface area contributed by atoms with Crippen molar-refractivity contribution in [1.29, 1.82) is 0 Å². The molecule has 1 aromatic heterocycles. The lowest BCUT2D eigenvalue weighted by atomic mass is 10.1. The predicted octanol–water partition coefficient (Wildman–Crippen LogP) is 3.91. The summed E-state index contributed by atoms with van der Waals surface area (Å²) < 4.78 is 15.0. The molecule has 0 saturated heterocycles. The molecule has 0 saturated carbocycles. The molecule has 0 aliphatic carbocycles. The second-order valence-corrected chi connectivity index (χ2v) is 5.29. The third-order valence-electron chi connectivity index (χ3n) is 3.81. The summed E-state index contributed by atoms with van der Waals surface area (Å²) in [6.07, 6.45) is 5.17. The lowest BCUT2D eigenvalue weighted by Crippen LogP contribution is -2.26. The molecule has 1 aromatic carbocycles. The van der Waals surface area contributed by atoms with Gasteiger partial charge in [-0.3, -0.25) is 8.87 Å². The van der Waals surface area contributed by atoms with Gasteiger partial charge in [-0.1, -0.05) is 31.2 Å². The molecule has 0 spiro atoms. The number of halogens is 1. The third-order valence-corrected chi connectivity index (χ3v) is 4.34. The largest absolute Gasteiger partial charge is 0.300 e. The molecule has 0 bridgehead atoms. The van der Waals surface area contributed by atoms with Gasteiger partial charge in [0.15, 0.2) is 12.3 Å². The molecular formula is C15H17FN2S. The minimum absolute atomic E-state index is 0.294. The number of likely N-dealkylation sites (N-methyl/N-ethyl adjacent to an activating group) is 1. The van der Waals surface area contributed by atoms with Crippen molar-refractivity contribution in [1.82, 2.24) is 8.87 Å². The lowest BCUT2D eigenvalue weighted by Gasteiger charge is -2.20. The summed E-state index contributed by atoms with van der Waals surface area (Å²) in [6.45, 7) is 5.19. The Balaban J connectivity index is 2.17. The molecule has 4 heteroatoms. The van der Waals surface area contributed by atoms with Gasteiger partial charge in [0.1, 0.15) is 0 Å². The number of rotatable bonds is 2. The van der Waals surface area contributed by atoms with Gasteiger partial charge in [0.25, 0.3) is 0 Å². The molecule has 0 fully saturated rings. The molecule has 0 atom stereocenters. The Labute approximate surface area is 117 Å². The van der Waals surface area contributed by atoms with E-state index in [4.69, 9.17) is 0 Å². The van der Waals surface area contributed by atoms with Crippen LogP contribution < -0.4 is 0 Å². The third kappa shape index (κ3) is 2.19. The maximum atomic E-state index is 13.3. The maximum Gasteiger partial charge on any atom is 0.170 e. The monoisotopic (exact) mass is 276 g/mol. The Kier molecular flexibility index (Phi) is 3.62. The maximum absolute atomic E-state index is 13.3. The second kappa shape index (κ2) is 5.39. The van der Waals surface area contributed by atoms with Crippen LogP contribution in [-0.2, 0) is 6.42 Å². The zero-order valence-electron chi connectivity index (χ0n) is 11.0. The van der Waals surface area contributed by atoms with Gasteiger partial charge in [-0.25, -0.2) is 0 Å². The first-order chi connectivity index (χ1) is 9.35. The first-order valence-electron chi connectivity index (χ1n) is 6.65. The number of nitrogens with zero attached hydrogens (tertiary/aromatic N) is 2. The van der Waals surface area contributed by atoms with Crippen LogP contribution in [0.3, 0.4) is 0 Å². The predicted molar refractivity (Wildman–Crippen MR) is 80.9 cm³/mol. The average molecular weight is 276 g/mol. The Hall–Kier alpha value is -1.26. The van der Waals surface area contributed by atoms with Gasteiger partial charge in [0, 0.05) is 18.5 Å². The topological polar surface area (TPSA) is 8.17 Å². The highest BCUT2D eigenvalue weighted by molar-refractivity contribution is 7.93. The zero-order valence-corrected chi connectivity index (χ0v) is 11.8. The molecule has 100 valence electrons. The van der Waals surface area contributed by atoms with Crippen LogP contribution in [0.1, 0.15) is 18.2 Å². The molecular weight excluding hydrogens is 259 g/mol. The fourth-order valence-electron chi connectivity index (χ4n) is 2.76. The van der Waals surface area contributed by atoms with Crippen molar-refractivity contribution in [3.63, 3.8) is 0 Å². The highest BCUT2D eigenvalue weighted by Gasteiger charge is 2.17. The van der Waals surface area contributed by atoms with Gasteiger partial charge in [-0.05, 0) is 30.7 Å². The van der Waals surface area contributed by atoms with E-state index in [0.717, 1.165) is 37.3 Å². The zero-order chi connectivity index (χ0) is 13.2. The standard InChI is InChI=1S/C15H17FN2S/c1-2-17-10-5-8-15-13(9-11-17)12-6-3-4-7-14(12)18(15)19-16/h3-8H,2,9-11H2,1H3/b8-5-. The van der Waals surface area contributed by atoms with Crippen molar-refractivity contribution in [2.24, 2.45) is 0 Å². The van der Waals surface area contributed by atoms with Crippen molar-refractivity contribution in [2.75, 3.05) is 19.6 Å². The van der Waals surface area contributed by atoms with E-state index in [-0.39, 0.29) is 0 Å². The number of aromatic nitrogens is 1. The van der Waals surface area contributed by atoms with Gasteiger partial charge >= 0.3 is 0 Å². The summed E-state index contributed by atoms with van der Waals surface area (Å²) in [5.74, 6) is 0. The molecule has 3 rings (SSSR count). The van der Waals surface area contributed by atoms with Crippen molar-refractivity contribution in [3.05, 3.63) is 41.6 Å². The number of para-hydroxylation sites is 1. The highest BCUT2D eigenvalue weighted by Crippen LogP contribution is 2.32. The molecule has 2 nitrogen and oxygen atoms in total. The summed E-state index contributed by atoms with van der Waals surface area (Å²) in [5, 5.41) is 1.17. The van der Waals surface area contributed by atoms with Crippen molar-refractivity contribution < 1.29 is 3.89 Å². The SMILES string of the molecule is CCN1C/C=C\c2c(c3ccccc3n2SF)CC1. The van der Waals surface area contributed by atoms with Crippen LogP contribution in [0, 0.1) is 0 Å². The summed E-state index contributed by atoms with van der Waals surface area (Å²) in [5.41, 5.74) is 3.23. The Bertz CT molecular complexity index is 618. The van der Waals surface area contributed by atoms with E-state index in [2.05, 4.69) is 30.0 Å². The van der Waals surface area contributed by atoms with Crippen LogP contribution in [0.5, 0.6) is 0 Å². The van der Waals surface area contributed by atoms with Crippen molar-refractivity contribution in [3.8, 4) is 0 Å². The van der Waals surface area contributed by atoms with Gasteiger partial charge in [0.2, 0.25) is 0 Å². The van der Waals surface area contributed by atoms with E-state index in [9.17, 15) is 3.89 Å². The second-order valence-electron chi connectivity index (χ2n) is 4.79. The lowest BCUT2D eigenvalue weighted by molar-refractivity contribution is 0.323. The molecule has 0 N–H and O–H groups in total. The van der Waals surface area contributed by atoms with E-state index in [1.165, 1.54) is 10.9 Å². The number of hydrogen-bond donors (Lipinski definition) is 0. The number of fused-ring (bicyclic) bond motifs is 3. The molecule has 2 heterocycles. The highest BCUT2D eigenvalue weighted by atomic mass is 32.2. The van der Waals surface area contributed by atoms with E-state index < -0.39 is 0 Å². The quantitative estimate of drug-likeness (QED) is 0.821. The van der Waals surface area contributed by atoms with Crippen LogP contribution >= 0.6 is 12.3 Å². The summed E-state index contributed by atoms with van der Waals surface area (Å²) in [7, 11) is 0. The Morgan fingerprint density at radius 1 is 1.32 bits per heavy atom. The van der Waals surface area contributed by atoms with E-state index in [1.54, 1.807) is 3.97 Å². The molecule has 2 aromatic rings. The van der Waals surface area contributed by atoms with E-state index >= 15 is 0 Å². The van der Waals surface area contributed by atoms with Gasteiger partial charge < -0.3 is 0 Å². The fraction of sp³-hybridized carbons (Fsp3) is 0.333. The molecule has 0 amide bonds. The minimum atomic E-state index is 0.294. The number of hydrogen-bond acceptors (Lipinski definition) is 2.